The molecule has 2 rings (SSSR count). The molecule has 0 unspecified atom stereocenters. The molecule has 0 saturated heterocycles. The van der Waals surface area contributed by atoms with Gasteiger partial charge in [0.1, 0.15) is 16.6 Å². The van der Waals surface area contributed by atoms with Crippen molar-refractivity contribution in [2.75, 3.05) is 7.11 Å². The van der Waals surface area contributed by atoms with Gasteiger partial charge in [-0.05, 0) is 12.1 Å². The van der Waals surface area contributed by atoms with Gasteiger partial charge in [0, 0.05) is 11.5 Å². The maximum absolute atomic E-state index is 5.86. The molecular weight excluding hydrogens is 248 g/mol. The molecule has 0 spiro atoms. The van der Waals surface area contributed by atoms with Gasteiger partial charge in [-0.1, -0.05) is 28.2 Å². The fourth-order valence-corrected chi connectivity index (χ4v) is 1.77. The number of nitrogens with zero attached hydrogens (tertiary/aromatic N) is 2. The second-order valence-corrected chi connectivity index (χ2v) is 4.29. The number of ether oxygens (including phenoxy) is 2. The van der Waals surface area contributed by atoms with Gasteiger partial charge >= 0.3 is 0 Å². The Bertz CT molecular complexity index is 475. The molecule has 84 valence electrons. The van der Waals surface area contributed by atoms with Gasteiger partial charge in [0.2, 0.25) is 0 Å². The van der Waals surface area contributed by atoms with Crippen molar-refractivity contribution in [1.82, 2.24) is 9.59 Å². The van der Waals surface area contributed by atoms with Gasteiger partial charge in [0.15, 0.2) is 11.5 Å². The van der Waals surface area contributed by atoms with Crippen molar-refractivity contribution in [3.8, 4) is 11.5 Å². The molecular formula is C10H9ClN2O2S. The van der Waals surface area contributed by atoms with Gasteiger partial charge in [0.25, 0.3) is 0 Å². The lowest BCUT2D eigenvalue weighted by Crippen LogP contribution is -1.98. The highest BCUT2D eigenvalue weighted by Gasteiger charge is 2.08. The van der Waals surface area contributed by atoms with E-state index in [4.69, 9.17) is 21.1 Å². The van der Waals surface area contributed by atoms with Crippen LogP contribution in [0.5, 0.6) is 11.5 Å². The van der Waals surface area contributed by atoms with Crippen LogP contribution >= 0.6 is 23.1 Å². The number of rotatable bonds is 4. The van der Waals surface area contributed by atoms with E-state index >= 15 is 0 Å². The number of hydrogen-bond acceptors (Lipinski definition) is 5. The van der Waals surface area contributed by atoms with Crippen LogP contribution in [0.25, 0.3) is 0 Å². The van der Waals surface area contributed by atoms with Crippen LogP contribution in [0.2, 0.25) is 4.34 Å². The van der Waals surface area contributed by atoms with E-state index in [1.807, 2.05) is 24.3 Å². The number of methoxy groups -OCH3 is 1. The van der Waals surface area contributed by atoms with E-state index in [0.29, 0.717) is 21.5 Å². The summed E-state index contributed by atoms with van der Waals surface area (Å²) < 4.78 is 15.0. The summed E-state index contributed by atoms with van der Waals surface area (Å²) in [4.78, 5) is 0. The van der Waals surface area contributed by atoms with Gasteiger partial charge < -0.3 is 9.47 Å². The van der Waals surface area contributed by atoms with Crippen molar-refractivity contribution >= 4 is 23.1 Å². The minimum absolute atomic E-state index is 0.287. The molecule has 4 nitrogen and oxygen atoms in total. The number of hydrogen-bond donors (Lipinski definition) is 0. The number of benzene rings is 1. The van der Waals surface area contributed by atoms with Crippen LogP contribution in [0, 0.1) is 0 Å². The van der Waals surface area contributed by atoms with E-state index < -0.39 is 0 Å². The summed E-state index contributed by atoms with van der Waals surface area (Å²) in [6.45, 7) is 0.287. The van der Waals surface area contributed by atoms with Crippen molar-refractivity contribution in [1.29, 1.82) is 0 Å². The van der Waals surface area contributed by atoms with Crippen molar-refractivity contribution in [2.24, 2.45) is 0 Å². The summed E-state index contributed by atoms with van der Waals surface area (Å²) in [5.74, 6) is 1.34. The van der Waals surface area contributed by atoms with E-state index in [2.05, 4.69) is 9.59 Å². The zero-order valence-electron chi connectivity index (χ0n) is 8.51. The fraction of sp³-hybridized carbons (Fsp3) is 0.200. The summed E-state index contributed by atoms with van der Waals surface area (Å²) in [6.07, 6.45) is 0. The van der Waals surface area contributed by atoms with E-state index in [-0.39, 0.29) is 6.61 Å². The molecule has 6 heteroatoms. The average Bonchev–Trinajstić information content (AvgIpc) is 2.72. The third-order valence-electron chi connectivity index (χ3n) is 1.94. The van der Waals surface area contributed by atoms with Crippen LogP contribution in [0.1, 0.15) is 5.69 Å². The minimum Gasteiger partial charge on any atom is -0.493 e. The molecule has 1 heterocycles. The van der Waals surface area contributed by atoms with Crippen LogP contribution < -0.4 is 9.47 Å². The van der Waals surface area contributed by atoms with Gasteiger partial charge in [-0.3, -0.25) is 0 Å². The lowest BCUT2D eigenvalue weighted by molar-refractivity contribution is 0.280. The predicted octanol–water partition coefficient (Wildman–Crippen LogP) is 2.78. The summed E-state index contributed by atoms with van der Waals surface area (Å²) >= 11 is 7.00. The van der Waals surface area contributed by atoms with E-state index in [1.54, 1.807) is 7.11 Å². The first-order chi connectivity index (χ1) is 7.81. The SMILES string of the molecule is COc1ccccc1OCc1nnsc1Cl. The first-order valence-corrected chi connectivity index (χ1v) is 5.69. The molecule has 1 aromatic carbocycles. The molecule has 0 aliphatic rings. The summed E-state index contributed by atoms with van der Waals surface area (Å²) in [7, 11) is 1.60. The molecule has 0 N–H and O–H groups in total. The van der Waals surface area contributed by atoms with E-state index in [1.165, 1.54) is 0 Å². The Kier molecular flexibility index (Phi) is 3.58. The monoisotopic (exact) mass is 256 g/mol. The zero-order chi connectivity index (χ0) is 11.4. The lowest BCUT2D eigenvalue weighted by atomic mass is 10.3. The van der Waals surface area contributed by atoms with Gasteiger partial charge in [-0.25, -0.2) is 0 Å². The Morgan fingerprint density at radius 2 is 2.06 bits per heavy atom. The standard InChI is InChI=1S/C10H9ClN2O2S/c1-14-8-4-2-3-5-9(8)15-6-7-10(11)16-13-12-7/h2-5H,6H2,1H3. The molecule has 2 aromatic rings. The Morgan fingerprint density at radius 3 is 2.69 bits per heavy atom. The van der Waals surface area contributed by atoms with Crippen LogP contribution in [0.4, 0.5) is 0 Å². The predicted molar refractivity (Wildman–Crippen MR) is 62.2 cm³/mol. The highest BCUT2D eigenvalue weighted by molar-refractivity contribution is 7.10. The normalized spacial score (nSPS) is 10.1. The first-order valence-electron chi connectivity index (χ1n) is 4.54. The minimum atomic E-state index is 0.287. The molecule has 0 fully saturated rings. The molecule has 16 heavy (non-hydrogen) atoms. The smallest absolute Gasteiger partial charge is 0.161 e. The largest absolute Gasteiger partial charge is 0.493 e. The lowest BCUT2D eigenvalue weighted by Gasteiger charge is -2.08. The first kappa shape index (κ1) is 11.2. The molecule has 0 radical (unpaired) electrons. The zero-order valence-corrected chi connectivity index (χ0v) is 10.1. The quantitative estimate of drug-likeness (QED) is 0.844. The Hall–Kier alpha value is -1.33. The molecule has 0 saturated carbocycles. The van der Waals surface area contributed by atoms with E-state index in [9.17, 15) is 0 Å². The van der Waals surface area contributed by atoms with Crippen molar-refractivity contribution in [3.05, 3.63) is 34.3 Å². The van der Waals surface area contributed by atoms with Gasteiger partial charge in [0.05, 0.1) is 7.11 Å². The third kappa shape index (κ3) is 2.43. The van der Waals surface area contributed by atoms with Crippen LogP contribution in [0.3, 0.4) is 0 Å². The maximum atomic E-state index is 5.86. The maximum Gasteiger partial charge on any atom is 0.161 e. The van der Waals surface area contributed by atoms with Crippen molar-refractivity contribution in [3.63, 3.8) is 0 Å². The fourth-order valence-electron chi connectivity index (χ4n) is 1.17. The Balaban J connectivity index is 2.07. The summed E-state index contributed by atoms with van der Waals surface area (Å²) in [5.41, 5.74) is 0.637. The molecule has 0 aliphatic heterocycles. The third-order valence-corrected chi connectivity index (χ3v) is 2.93. The number of para-hydroxylation sites is 2. The summed E-state index contributed by atoms with van der Waals surface area (Å²) in [5, 5.41) is 3.86. The van der Waals surface area contributed by atoms with Crippen LogP contribution in [0.15, 0.2) is 24.3 Å². The molecule has 0 aliphatic carbocycles. The highest BCUT2D eigenvalue weighted by atomic mass is 35.5. The van der Waals surface area contributed by atoms with Crippen molar-refractivity contribution in [2.45, 2.75) is 6.61 Å². The number of aromatic nitrogens is 2. The molecule has 0 bridgehead atoms. The van der Waals surface area contributed by atoms with Crippen molar-refractivity contribution < 1.29 is 9.47 Å². The van der Waals surface area contributed by atoms with Crippen LogP contribution in [-0.4, -0.2) is 16.7 Å². The molecule has 1 aromatic heterocycles. The summed E-state index contributed by atoms with van der Waals surface area (Å²) in [6, 6.07) is 7.41. The Morgan fingerprint density at radius 1 is 1.31 bits per heavy atom. The average molecular weight is 257 g/mol. The second-order valence-electron chi connectivity index (χ2n) is 2.93. The van der Waals surface area contributed by atoms with E-state index in [0.717, 1.165) is 11.5 Å². The second kappa shape index (κ2) is 5.14. The Labute approximate surface area is 102 Å². The molecule has 0 atom stereocenters. The topological polar surface area (TPSA) is 44.2 Å². The van der Waals surface area contributed by atoms with Crippen LogP contribution in [-0.2, 0) is 6.61 Å². The van der Waals surface area contributed by atoms with Gasteiger partial charge in [-0.15, -0.1) is 5.10 Å². The van der Waals surface area contributed by atoms with Gasteiger partial charge in [-0.2, -0.15) is 0 Å². The highest BCUT2D eigenvalue weighted by Crippen LogP contribution is 2.27. The number of halogens is 1. The molecule has 0 amide bonds.